The van der Waals surface area contributed by atoms with Crippen LogP contribution in [0.5, 0.6) is 0 Å². The van der Waals surface area contributed by atoms with Gasteiger partial charge >= 0.3 is 5.97 Å². The molecule has 0 aromatic carbocycles. The van der Waals surface area contributed by atoms with Gasteiger partial charge in [-0.2, -0.15) is 0 Å². The summed E-state index contributed by atoms with van der Waals surface area (Å²) in [6.45, 7) is 9.51. The highest BCUT2D eigenvalue weighted by molar-refractivity contribution is 5.84. The van der Waals surface area contributed by atoms with E-state index in [-0.39, 0.29) is 11.8 Å². The molecule has 0 rings (SSSR count). The first-order chi connectivity index (χ1) is 8.95. The van der Waals surface area contributed by atoms with E-state index in [0.29, 0.717) is 13.0 Å². The fourth-order valence-corrected chi connectivity index (χ4v) is 1.89. The summed E-state index contributed by atoms with van der Waals surface area (Å²) in [5.41, 5.74) is 0. The Balaban J connectivity index is 4.99. The number of carbonyl (C=O) groups excluding carboxylic acids is 1. The van der Waals surface area contributed by atoms with E-state index in [1.807, 2.05) is 20.8 Å². The molecule has 0 saturated heterocycles. The van der Waals surface area contributed by atoms with Gasteiger partial charge < -0.3 is 10.0 Å². The lowest BCUT2D eigenvalue weighted by Crippen LogP contribution is -2.48. The molecular weight excluding hydrogens is 242 g/mol. The summed E-state index contributed by atoms with van der Waals surface area (Å²) in [7, 11) is 0. The van der Waals surface area contributed by atoms with Crippen molar-refractivity contribution in [3.63, 3.8) is 0 Å². The summed E-state index contributed by atoms with van der Waals surface area (Å²) >= 11 is 0. The van der Waals surface area contributed by atoms with Gasteiger partial charge in [0.1, 0.15) is 6.04 Å². The quantitative estimate of drug-likeness (QED) is 0.653. The smallest absolute Gasteiger partial charge is 0.326 e. The van der Waals surface area contributed by atoms with Crippen LogP contribution >= 0.6 is 0 Å². The van der Waals surface area contributed by atoms with Crippen LogP contribution in [0.25, 0.3) is 0 Å². The Morgan fingerprint density at radius 2 is 2.00 bits per heavy atom. The Labute approximate surface area is 115 Å². The Morgan fingerprint density at radius 1 is 1.37 bits per heavy atom. The predicted molar refractivity (Wildman–Crippen MR) is 76.8 cm³/mol. The number of carboxylic acid groups (broad SMARTS) is 1. The SMILES string of the molecule is C=C/C=C/CN(C(=O)CCCC)C(C(=O)O)C(C)C. The molecule has 0 aromatic rings. The highest BCUT2D eigenvalue weighted by Gasteiger charge is 2.30. The van der Waals surface area contributed by atoms with E-state index < -0.39 is 12.0 Å². The summed E-state index contributed by atoms with van der Waals surface area (Å²) in [5.74, 6) is -1.18. The molecule has 0 aliphatic heterocycles. The van der Waals surface area contributed by atoms with Gasteiger partial charge in [0.15, 0.2) is 0 Å². The zero-order chi connectivity index (χ0) is 14.8. The zero-order valence-electron chi connectivity index (χ0n) is 12.1. The number of nitrogens with zero attached hydrogens (tertiary/aromatic N) is 1. The third-order valence-corrected chi connectivity index (χ3v) is 2.86. The van der Waals surface area contributed by atoms with Crippen LogP contribution in [-0.2, 0) is 9.59 Å². The number of allylic oxidation sites excluding steroid dienone is 2. The first-order valence-electron chi connectivity index (χ1n) is 6.75. The van der Waals surface area contributed by atoms with Gasteiger partial charge in [0.2, 0.25) is 5.91 Å². The van der Waals surface area contributed by atoms with Crippen molar-refractivity contribution < 1.29 is 14.7 Å². The Kier molecular flexibility index (Phi) is 8.58. The summed E-state index contributed by atoms with van der Waals surface area (Å²) in [5, 5.41) is 9.31. The number of carbonyl (C=O) groups is 2. The molecule has 0 aliphatic rings. The van der Waals surface area contributed by atoms with Crippen molar-refractivity contribution in [2.45, 2.75) is 46.1 Å². The lowest BCUT2D eigenvalue weighted by Gasteiger charge is -2.30. The topological polar surface area (TPSA) is 57.6 Å². The van der Waals surface area contributed by atoms with E-state index in [0.717, 1.165) is 12.8 Å². The van der Waals surface area contributed by atoms with Crippen molar-refractivity contribution in [2.75, 3.05) is 6.54 Å². The lowest BCUT2D eigenvalue weighted by molar-refractivity contribution is -0.151. The van der Waals surface area contributed by atoms with Crippen molar-refractivity contribution in [1.29, 1.82) is 0 Å². The van der Waals surface area contributed by atoms with Gasteiger partial charge in [0.25, 0.3) is 0 Å². The van der Waals surface area contributed by atoms with Crippen molar-refractivity contribution in [2.24, 2.45) is 5.92 Å². The second-order valence-corrected chi connectivity index (χ2v) is 4.84. The fourth-order valence-electron chi connectivity index (χ4n) is 1.89. The molecule has 0 bridgehead atoms. The highest BCUT2D eigenvalue weighted by Crippen LogP contribution is 2.14. The predicted octanol–water partition coefficient (Wildman–Crippen LogP) is 2.86. The molecule has 19 heavy (non-hydrogen) atoms. The molecule has 1 amide bonds. The summed E-state index contributed by atoms with van der Waals surface area (Å²) < 4.78 is 0. The van der Waals surface area contributed by atoms with Gasteiger partial charge in [0, 0.05) is 13.0 Å². The van der Waals surface area contributed by atoms with Gasteiger partial charge in [-0.1, -0.05) is 52.0 Å². The summed E-state index contributed by atoms with van der Waals surface area (Å²) in [4.78, 5) is 25.0. The molecule has 1 unspecified atom stereocenters. The van der Waals surface area contributed by atoms with Gasteiger partial charge in [-0.05, 0) is 12.3 Å². The molecule has 1 atom stereocenters. The average molecular weight is 267 g/mol. The lowest BCUT2D eigenvalue weighted by atomic mass is 10.0. The molecule has 1 N–H and O–H groups in total. The van der Waals surface area contributed by atoms with E-state index in [9.17, 15) is 14.7 Å². The fraction of sp³-hybridized carbons (Fsp3) is 0.600. The van der Waals surface area contributed by atoms with Gasteiger partial charge in [-0.15, -0.1) is 0 Å². The van der Waals surface area contributed by atoms with Gasteiger partial charge in [-0.25, -0.2) is 4.79 Å². The molecule has 0 radical (unpaired) electrons. The Morgan fingerprint density at radius 3 is 2.42 bits per heavy atom. The van der Waals surface area contributed by atoms with Crippen molar-refractivity contribution >= 4 is 11.9 Å². The summed E-state index contributed by atoms with van der Waals surface area (Å²) in [6, 6.07) is -0.779. The molecule has 0 saturated carbocycles. The standard InChI is InChI=1S/C15H25NO3/c1-5-7-9-11-16(13(17)10-8-6-2)14(12(3)4)15(18)19/h5,7,9,12,14H,1,6,8,10-11H2,2-4H3,(H,18,19)/b9-7+. The minimum Gasteiger partial charge on any atom is -0.480 e. The monoisotopic (exact) mass is 267 g/mol. The maximum atomic E-state index is 12.1. The van der Waals surface area contributed by atoms with Crippen molar-refractivity contribution in [3.05, 3.63) is 24.8 Å². The number of hydrogen-bond donors (Lipinski definition) is 1. The van der Waals surface area contributed by atoms with Crippen LogP contribution in [0, 0.1) is 5.92 Å². The van der Waals surface area contributed by atoms with Gasteiger partial charge in [0.05, 0.1) is 0 Å². The van der Waals surface area contributed by atoms with Crippen LogP contribution in [0.1, 0.15) is 40.0 Å². The van der Waals surface area contributed by atoms with Crippen LogP contribution in [-0.4, -0.2) is 34.5 Å². The number of aliphatic carboxylic acids is 1. The van der Waals surface area contributed by atoms with Crippen molar-refractivity contribution in [1.82, 2.24) is 4.90 Å². The average Bonchev–Trinajstić information content (AvgIpc) is 2.33. The minimum absolute atomic E-state index is 0.100. The van der Waals surface area contributed by atoms with Crippen LogP contribution in [0.4, 0.5) is 0 Å². The van der Waals surface area contributed by atoms with Crippen LogP contribution in [0.2, 0.25) is 0 Å². The molecule has 0 heterocycles. The molecule has 0 aliphatic carbocycles. The molecule has 4 nitrogen and oxygen atoms in total. The second kappa shape index (κ2) is 9.36. The van der Waals surface area contributed by atoms with Crippen LogP contribution < -0.4 is 0 Å². The molecule has 0 spiro atoms. The first-order valence-corrected chi connectivity index (χ1v) is 6.75. The van der Waals surface area contributed by atoms with E-state index in [4.69, 9.17) is 0 Å². The largest absolute Gasteiger partial charge is 0.480 e. The normalized spacial score (nSPS) is 12.6. The van der Waals surface area contributed by atoms with Crippen LogP contribution in [0.15, 0.2) is 24.8 Å². The molecule has 4 heteroatoms. The van der Waals surface area contributed by atoms with E-state index in [1.54, 1.807) is 18.2 Å². The highest BCUT2D eigenvalue weighted by atomic mass is 16.4. The maximum absolute atomic E-state index is 12.1. The number of rotatable bonds is 9. The third-order valence-electron chi connectivity index (χ3n) is 2.86. The second-order valence-electron chi connectivity index (χ2n) is 4.84. The van der Waals surface area contributed by atoms with Crippen molar-refractivity contribution in [3.8, 4) is 0 Å². The minimum atomic E-state index is -0.952. The van der Waals surface area contributed by atoms with E-state index >= 15 is 0 Å². The van der Waals surface area contributed by atoms with Crippen LogP contribution in [0.3, 0.4) is 0 Å². The zero-order valence-corrected chi connectivity index (χ0v) is 12.1. The Hall–Kier alpha value is -1.58. The Bertz CT molecular complexity index is 334. The molecule has 108 valence electrons. The third kappa shape index (κ3) is 6.22. The van der Waals surface area contributed by atoms with E-state index in [2.05, 4.69) is 6.58 Å². The maximum Gasteiger partial charge on any atom is 0.326 e. The molecule has 0 fully saturated rings. The summed E-state index contributed by atoms with van der Waals surface area (Å²) in [6.07, 6.45) is 7.19. The number of carboxylic acids is 1. The number of amides is 1. The number of unbranched alkanes of at least 4 members (excludes halogenated alkanes) is 1. The first kappa shape index (κ1) is 17.4. The van der Waals surface area contributed by atoms with Gasteiger partial charge in [-0.3, -0.25) is 4.79 Å². The number of hydrogen-bond acceptors (Lipinski definition) is 2. The molecular formula is C15H25NO3. The van der Waals surface area contributed by atoms with E-state index in [1.165, 1.54) is 4.90 Å². The molecule has 0 aromatic heterocycles.